The molecule has 3 N–H and O–H groups in total. The molecule has 0 aliphatic rings. The van der Waals surface area contributed by atoms with E-state index < -0.39 is 5.97 Å². The van der Waals surface area contributed by atoms with Crippen LogP contribution in [0.5, 0.6) is 0 Å². The van der Waals surface area contributed by atoms with E-state index in [-0.39, 0.29) is 0 Å². The largest absolute Gasteiger partial charge is 0.462 e. The van der Waals surface area contributed by atoms with Crippen LogP contribution < -0.4 is 11.3 Å². The first-order chi connectivity index (χ1) is 6.70. The molecule has 0 aliphatic heterocycles. The van der Waals surface area contributed by atoms with Crippen molar-refractivity contribution in [3.8, 4) is 0 Å². The lowest BCUT2D eigenvalue weighted by Crippen LogP contribution is -2.14. The Bertz CT molecular complexity index is 342. The first-order valence-electron chi connectivity index (χ1n) is 4.16. The Balaban J connectivity index is 3.10. The Hall–Kier alpha value is -1.20. The van der Waals surface area contributed by atoms with Gasteiger partial charge in [-0.15, -0.1) is 12.6 Å². The number of hydrogen-bond donors (Lipinski definition) is 3. The molecular weight excluding hydrogens is 200 g/mol. The van der Waals surface area contributed by atoms with E-state index in [0.29, 0.717) is 22.8 Å². The molecule has 0 fully saturated rings. The van der Waals surface area contributed by atoms with Crippen LogP contribution in [0.3, 0.4) is 0 Å². The molecule has 0 atom stereocenters. The second kappa shape index (κ2) is 4.88. The van der Waals surface area contributed by atoms with Gasteiger partial charge < -0.3 is 10.2 Å². The molecule has 0 bridgehead atoms. The Morgan fingerprint density at radius 2 is 2.36 bits per heavy atom. The summed E-state index contributed by atoms with van der Waals surface area (Å²) in [6.07, 6.45) is 0. The average molecular weight is 212 g/mol. The van der Waals surface area contributed by atoms with Crippen molar-refractivity contribution in [3.05, 3.63) is 23.8 Å². The molecule has 1 aromatic rings. The quantitative estimate of drug-likeness (QED) is 0.307. The highest BCUT2D eigenvalue weighted by atomic mass is 32.1. The predicted molar refractivity (Wildman–Crippen MR) is 57.5 cm³/mol. The predicted octanol–water partition coefficient (Wildman–Crippen LogP) is 1.44. The van der Waals surface area contributed by atoms with Gasteiger partial charge in [0.25, 0.3) is 0 Å². The fourth-order valence-corrected chi connectivity index (χ4v) is 1.38. The van der Waals surface area contributed by atoms with Gasteiger partial charge in [0.05, 0.1) is 17.9 Å². The second-order valence-electron chi connectivity index (χ2n) is 2.56. The molecule has 1 aromatic carbocycles. The highest BCUT2D eigenvalue weighted by Gasteiger charge is 2.14. The Morgan fingerprint density at radius 1 is 1.64 bits per heavy atom. The van der Waals surface area contributed by atoms with Crippen molar-refractivity contribution >= 4 is 24.3 Å². The van der Waals surface area contributed by atoms with Crippen LogP contribution >= 0.6 is 12.6 Å². The van der Waals surface area contributed by atoms with E-state index in [4.69, 9.17) is 10.6 Å². The summed E-state index contributed by atoms with van der Waals surface area (Å²) in [7, 11) is 0. The first kappa shape index (κ1) is 10.9. The topological polar surface area (TPSA) is 64.3 Å². The second-order valence-corrected chi connectivity index (χ2v) is 3.05. The summed E-state index contributed by atoms with van der Waals surface area (Å²) in [6.45, 7) is 2.07. The number of thiol groups is 1. The van der Waals surface area contributed by atoms with Crippen LogP contribution in [-0.2, 0) is 4.74 Å². The van der Waals surface area contributed by atoms with Crippen molar-refractivity contribution in [1.29, 1.82) is 0 Å². The number of nitrogens with one attached hydrogen (secondary N) is 1. The van der Waals surface area contributed by atoms with Crippen molar-refractivity contribution in [2.24, 2.45) is 5.84 Å². The van der Waals surface area contributed by atoms with Gasteiger partial charge in [0.2, 0.25) is 0 Å². The summed E-state index contributed by atoms with van der Waals surface area (Å²) in [5.41, 5.74) is 3.30. The van der Waals surface area contributed by atoms with Gasteiger partial charge in [-0.3, -0.25) is 5.84 Å². The van der Waals surface area contributed by atoms with Gasteiger partial charge in [-0.2, -0.15) is 0 Å². The highest BCUT2D eigenvalue weighted by Crippen LogP contribution is 2.22. The van der Waals surface area contributed by atoms with E-state index in [9.17, 15) is 4.79 Å². The van der Waals surface area contributed by atoms with E-state index in [1.54, 1.807) is 25.1 Å². The van der Waals surface area contributed by atoms with Crippen LogP contribution in [0.2, 0.25) is 0 Å². The lowest BCUT2D eigenvalue weighted by Gasteiger charge is -2.09. The third-order valence-electron chi connectivity index (χ3n) is 1.68. The number of rotatable bonds is 3. The SMILES string of the molecule is CCOC(=O)c1c(S)cccc1NN. The number of esters is 1. The summed E-state index contributed by atoms with van der Waals surface area (Å²) < 4.78 is 4.87. The molecule has 0 spiro atoms. The third kappa shape index (κ3) is 2.18. The summed E-state index contributed by atoms with van der Waals surface area (Å²) in [5.74, 6) is 4.84. The molecule has 0 unspecified atom stereocenters. The normalized spacial score (nSPS) is 9.64. The standard InChI is InChI=1S/C9H12N2O2S/c1-2-13-9(12)8-6(11-10)4-3-5-7(8)14/h3-5,11,14H,2,10H2,1H3. The van der Waals surface area contributed by atoms with E-state index in [1.165, 1.54) is 0 Å². The number of hydrogen-bond acceptors (Lipinski definition) is 5. The molecule has 1 rings (SSSR count). The Kier molecular flexibility index (Phi) is 3.79. The monoisotopic (exact) mass is 212 g/mol. The molecule has 0 saturated heterocycles. The lowest BCUT2D eigenvalue weighted by molar-refractivity contribution is 0.0523. The molecule has 5 heteroatoms. The molecule has 0 aliphatic carbocycles. The van der Waals surface area contributed by atoms with Crippen molar-refractivity contribution < 1.29 is 9.53 Å². The Labute approximate surface area is 87.8 Å². The molecule has 14 heavy (non-hydrogen) atoms. The molecule has 0 amide bonds. The molecule has 0 radical (unpaired) electrons. The number of benzene rings is 1. The summed E-state index contributed by atoms with van der Waals surface area (Å²) in [6, 6.07) is 5.14. The molecule has 0 aromatic heterocycles. The zero-order valence-corrected chi connectivity index (χ0v) is 8.67. The average Bonchev–Trinajstić information content (AvgIpc) is 2.17. The van der Waals surface area contributed by atoms with Gasteiger partial charge in [-0.05, 0) is 19.1 Å². The highest BCUT2D eigenvalue weighted by molar-refractivity contribution is 7.80. The van der Waals surface area contributed by atoms with Crippen molar-refractivity contribution in [1.82, 2.24) is 0 Å². The van der Waals surface area contributed by atoms with E-state index in [0.717, 1.165) is 0 Å². The van der Waals surface area contributed by atoms with Crippen molar-refractivity contribution in [3.63, 3.8) is 0 Å². The molecule has 0 saturated carbocycles. The molecular formula is C9H12N2O2S. The Morgan fingerprint density at radius 3 is 2.93 bits per heavy atom. The van der Waals surface area contributed by atoms with Gasteiger partial charge in [0.1, 0.15) is 0 Å². The van der Waals surface area contributed by atoms with Gasteiger partial charge in [-0.1, -0.05) is 6.07 Å². The van der Waals surface area contributed by atoms with Crippen LogP contribution in [0.25, 0.3) is 0 Å². The minimum absolute atomic E-state index is 0.324. The summed E-state index contributed by atoms with van der Waals surface area (Å²) in [4.78, 5) is 12.0. The maximum Gasteiger partial charge on any atom is 0.341 e. The van der Waals surface area contributed by atoms with Gasteiger partial charge >= 0.3 is 5.97 Å². The minimum Gasteiger partial charge on any atom is -0.462 e. The van der Waals surface area contributed by atoms with Crippen LogP contribution in [0.4, 0.5) is 5.69 Å². The smallest absolute Gasteiger partial charge is 0.341 e. The van der Waals surface area contributed by atoms with Crippen LogP contribution in [0, 0.1) is 0 Å². The van der Waals surface area contributed by atoms with Gasteiger partial charge in [-0.25, -0.2) is 4.79 Å². The van der Waals surface area contributed by atoms with Crippen LogP contribution in [0.1, 0.15) is 17.3 Å². The number of carbonyl (C=O) groups is 1. The maximum absolute atomic E-state index is 11.5. The minimum atomic E-state index is -0.425. The van der Waals surface area contributed by atoms with E-state index >= 15 is 0 Å². The van der Waals surface area contributed by atoms with Crippen molar-refractivity contribution in [2.75, 3.05) is 12.0 Å². The fourth-order valence-electron chi connectivity index (χ4n) is 1.08. The summed E-state index contributed by atoms with van der Waals surface area (Å²) in [5, 5.41) is 0. The number of anilines is 1. The van der Waals surface area contributed by atoms with Crippen molar-refractivity contribution in [2.45, 2.75) is 11.8 Å². The number of carbonyl (C=O) groups excluding carboxylic acids is 1. The van der Waals surface area contributed by atoms with Crippen LogP contribution in [0.15, 0.2) is 23.1 Å². The van der Waals surface area contributed by atoms with Gasteiger partial charge in [0.15, 0.2) is 0 Å². The fraction of sp³-hybridized carbons (Fsp3) is 0.222. The molecule has 0 heterocycles. The van der Waals surface area contributed by atoms with E-state index in [1.807, 2.05) is 0 Å². The molecule has 4 nitrogen and oxygen atoms in total. The van der Waals surface area contributed by atoms with Crippen LogP contribution in [-0.4, -0.2) is 12.6 Å². The third-order valence-corrected chi connectivity index (χ3v) is 2.05. The van der Waals surface area contributed by atoms with E-state index in [2.05, 4.69) is 18.1 Å². The number of ether oxygens (including phenoxy) is 1. The number of nitrogens with two attached hydrogens (primary N) is 1. The first-order valence-corrected chi connectivity index (χ1v) is 4.61. The zero-order valence-electron chi connectivity index (χ0n) is 7.78. The van der Waals surface area contributed by atoms with Gasteiger partial charge in [0, 0.05) is 4.90 Å². The number of hydrazine groups is 1. The maximum atomic E-state index is 11.5. The molecule has 76 valence electrons. The summed E-state index contributed by atoms with van der Waals surface area (Å²) >= 11 is 4.16. The zero-order chi connectivity index (χ0) is 10.6. The number of nitrogen functional groups attached to an aromatic ring is 1. The lowest BCUT2D eigenvalue weighted by atomic mass is 10.2.